The highest BCUT2D eigenvalue weighted by Crippen LogP contribution is 2.27. The van der Waals surface area contributed by atoms with Crippen LogP contribution in [0.2, 0.25) is 5.02 Å². The molecule has 0 fully saturated rings. The van der Waals surface area contributed by atoms with Crippen LogP contribution in [0.15, 0.2) is 47.3 Å². The van der Waals surface area contributed by atoms with Gasteiger partial charge >= 0.3 is 0 Å². The molecule has 1 aliphatic carbocycles. The van der Waals surface area contributed by atoms with Gasteiger partial charge in [0.1, 0.15) is 0 Å². The molecule has 126 valence electrons. The van der Waals surface area contributed by atoms with Gasteiger partial charge < -0.3 is 10.3 Å². The van der Waals surface area contributed by atoms with Crippen LogP contribution < -0.4 is 10.9 Å². The van der Waals surface area contributed by atoms with Gasteiger partial charge in [0.05, 0.1) is 11.9 Å². The number of fused-ring (bicyclic) bond motifs is 3. The van der Waals surface area contributed by atoms with Gasteiger partial charge in [-0.05, 0) is 48.6 Å². The van der Waals surface area contributed by atoms with Crippen molar-refractivity contribution < 1.29 is 4.79 Å². The molecule has 2 N–H and O–H groups in total. The van der Waals surface area contributed by atoms with Gasteiger partial charge in [0.15, 0.2) is 0 Å². The number of carbonyl (C=O) groups excluding carboxylic acids is 1. The Balaban J connectivity index is 1.60. The van der Waals surface area contributed by atoms with E-state index >= 15 is 0 Å². The fourth-order valence-corrected chi connectivity index (χ4v) is 3.70. The first kappa shape index (κ1) is 15.9. The molecule has 5 heteroatoms. The average molecular weight is 353 g/mol. The summed E-state index contributed by atoms with van der Waals surface area (Å²) in [7, 11) is 0. The zero-order valence-corrected chi connectivity index (χ0v) is 14.3. The molecule has 0 saturated carbocycles. The average Bonchev–Trinajstić information content (AvgIpc) is 3.07. The second-order valence-electron chi connectivity index (χ2n) is 6.34. The quantitative estimate of drug-likeness (QED) is 0.752. The highest BCUT2D eigenvalue weighted by molar-refractivity contribution is 6.31. The first-order valence-corrected chi connectivity index (χ1v) is 8.70. The molecule has 0 unspecified atom stereocenters. The third-order valence-corrected chi connectivity index (χ3v) is 5.05. The molecule has 0 atom stereocenters. The molecule has 0 saturated heterocycles. The maximum absolute atomic E-state index is 12.3. The number of benzene rings is 2. The number of hydrogen-bond acceptors (Lipinski definition) is 2. The topological polar surface area (TPSA) is 62.0 Å². The Morgan fingerprint density at radius 1 is 1.12 bits per heavy atom. The van der Waals surface area contributed by atoms with Crippen LogP contribution in [0.3, 0.4) is 0 Å². The highest BCUT2D eigenvalue weighted by atomic mass is 35.5. The van der Waals surface area contributed by atoms with Crippen molar-refractivity contribution in [3.8, 4) is 0 Å². The molecule has 3 aromatic rings. The summed E-state index contributed by atoms with van der Waals surface area (Å²) in [5, 5.41) is 4.52. The fraction of sp³-hybridized carbons (Fsp3) is 0.200. The van der Waals surface area contributed by atoms with Crippen LogP contribution in [0.5, 0.6) is 0 Å². The molecule has 1 amide bonds. The number of aryl methyl sites for hydroxylation is 1. The molecule has 0 radical (unpaired) electrons. The van der Waals surface area contributed by atoms with E-state index in [4.69, 9.17) is 11.6 Å². The number of nitrogens with one attached hydrogen (secondary N) is 2. The van der Waals surface area contributed by atoms with Crippen LogP contribution in [0.4, 0.5) is 5.69 Å². The van der Waals surface area contributed by atoms with Gasteiger partial charge in [-0.1, -0.05) is 35.9 Å². The van der Waals surface area contributed by atoms with Crippen LogP contribution in [-0.2, 0) is 24.1 Å². The van der Waals surface area contributed by atoms with E-state index in [0.29, 0.717) is 10.7 Å². The molecule has 25 heavy (non-hydrogen) atoms. The number of aromatic amines is 1. The highest BCUT2D eigenvalue weighted by Gasteiger charge is 2.18. The SMILES string of the molecule is O=C(Cc1ccccc1Cl)Nc1ccc2c3c(c(=O)[nH]c2c1)CCC3. The third-order valence-electron chi connectivity index (χ3n) is 4.68. The summed E-state index contributed by atoms with van der Waals surface area (Å²) in [6.45, 7) is 0. The van der Waals surface area contributed by atoms with Crippen molar-refractivity contribution in [2.24, 2.45) is 0 Å². The lowest BCUT2D eigenvalue weighted by molar-refractivity contribution is -0.115. The van der Waals surface area contributed by atoms with Crippen LogP contribution in [-0.4, -0.2) is 10.9 Å². The van der Waals surface area contributed by atoms with E-state index < -0.39 is 0 Å². The molecular formula is C20H17ClN2O2. The number of hydrogen-bond donors (Lipinski definition) is 2. The second-order valence-corrected chi connectivity index (χ2v) is 6.75. The van der Waals surface area contributed by atoms with E-state index in [-0.39, 0.29) is 17.9 Å². The number of carbonyl (C=O) groups is 1. The first-order valence-electron chi connectivity index (χ1n) is 8.33. The Bertz CT molecular complexity index is 1040. The molecule has 1 aromatic heterocycles. The third kappa shape index (κ3) is 3.05. The van der Waals surface area contributed by atoms with Gasteiger partial charge in [0, 0.05) is 21.7 Å². The standard InChI is InChI=1S/C20H17ClN2O2/c21-17-7-2-1-4-12(17)10-19(24)22-13-8-9-15-14-5-3-6-16(14)20(25)23-18(15)11-13/h1-2,4,7-9,11H,3,5-6,10H2,(H,22,24)(H,23,25). The van der Waals surface area contributed by atoms with Crippen molar-refractivity contribution in [1.29, 1.82) is 0 Å². The van der Waals surface area contributed by atoms with Gasteiger partial charge in [-0.3, -0.25) is 9.59 Å². The number of amides is 1. The van der Waals surface area contributed by atoms with E-state index in [9.17, 15) is 9.59 Å². The zero-order valence-electron chi connectivity index (χ0n) is 13.6. The van der Waals surface area contributed by atoms with Gasteiger partial charge in [0.25, 0.3) is 5.56 Å². The minimum absolute atomic E-state index is 0.0143. The smallest absolute Gasteiger partial charge is 0.251 e. The van der Waals surface area contributed by atoms with Crippen molar-refractivity contribution in [3.63, 3.8) is 0 Å². The summed E-state index contributed by atoms with van der Waals surface area (Å²) < 4.78 is 0. The van der Waals surface area contributed by atoms with Crippen molar-refractivity contribution in [2.75, 3.05) is 5.32 Å². The lowest BCUT2D eigenvalue weighted by atomic mass is 10.1. The molecule has 0 spiro atoms. The minimum atomic E-state index is -0.143. The summed E-state index contributed by atoms with van der Waals surface area (Å²) >= 11 is 6.10. The second kappa shape index (κ2) is 6.37. The Hall–Kier alpha value is -2.59. The van der Waals surface area contributed by atoms with Crippen LogP contribution in [0, 0.1) is 0 Å². The Kier molecular flexibility index (Phi) is 4.06. The van der Waals surface area contributed by atoms with Crippen LogP contribution >= 0.6 is 11.6 Å². The van der Waals surface area contributed by atoms with E-state index in [0.717, 1.165) is 46.9 Å². The summed E-state index contributed by atoms with van der Waals surface area (Å²) in [6.07, 6.45) is 3.01. The minimum Gasteiger partial charge on any atom is -0.326 e. The number of aromatic nitrogens is 1. The van der Waals surface area contributed by atoms with Crippen molar-refractivity contribution in [1.82, 2.24) is 4.98 Å². The van der Waals surface area contributed by atoms with Gasteiger partial charge in [0.2, 0.25) is 5.91 Å². The van der Waals surface area contributed by atoms with E-state index in [1.807, 2.05) is 36.4 Å². The largest absolute Gasteiger partial charge is 0.326 e. The zero-order chi connectivity index (χ0) is 17.4. The summed E-state index contributed by atoms with van der Waals surface area (Å²) in [6, 6.07) is 13.0. The summed E-state index contributed by atoms with van der Waals surface area (Å²) in [4.78, 5) is 27.4. The first-order chi connectivity index (χ1) is 12.1. The maximum Gasteiger partial charge on any atom is 0.251 e. The predicted molar refractivity (Wildman–Crippen MR) is 100 cm³/mol. The van der Waals surface area contributed by atoms with Crippen molar-refractivity contribution in [3.05, 3.63) is 74.5 Å². The predicted octanol–water partition coefficient (Wildman–Crippen LogP) is 3.85. The van der Waals surface area contributed by atoms with Crippen LogP contribution in [0.1, 0.15) is 23.1 Å². The molecule has 4 nitrogen and oxygen atoms in total. The summed E-state index contributed by atoms with van der Waals surface area (Å²) in [5.74, 6) is -0.143. The Morgan fingerprint density at radius 3 is 2.76 bits per heavy atom. The number of H-pyrrole nitrogens is 1. The molecule has 0 bridgehead atoms. The number of pyridine rings is 1. The molecule has 0 aliphatic heterocycles. The number of rotatable bonds is 3. The van der Waals surface area contributed by atoms with Crippen LogP contribution in [0.25, 0.3) is 10.9 Å². The molecule has 4 rings (SSSR count). The van der Waals surface area contributed by atoms with E-state index in [1.54, 1.807) is 6.07 Å². The van der Waals surface area contributed by atoms with Gasteiger partial charge in [-0.15, -0.1) is 0 Å². The van der Waals surface area contributed by atoms with E-state index in [2.05, 4.69) is 10.3 Å². The van der Waals surface area contributed by atoms with Gasteiger partial charge in [-0.25, -0.2) is 0 Å². The maximum atomic E-state index is 12.3. The number of halogens is 1. The normalized spacial score (nSPS) is 13.0. The van der Waals surface area contributed by atoms with Gasteiger partial charge in [-0.2, -0.15) is 0 Å². The lowest BCUT2D eigenvalue weighted by Gasteiger charge is -2.09. The summed E-state index contributed by atoms with van der Waals surface area (Å²) in [5.41, 5.74) is 4.25. The monoisotopic (exact) mass is 352 g/mol. The molecular weight excluding hydrogens is 336 g/mol. The Morgan fingerprint density at radius 2 is 1.92 bits per heavy atom. The lowest BCUT2D eigenvalue weighted by Crippen LogP contribution is -2.15. The van der Waals surface area contributed by atoms with Crippen molar-refractivity contribution >= 4 is 34.1 Å². The molecule has 1 aliphatic rings. The number of anilines is 1. The molecule has 2 aromatic carbocycles. The fourth-order valence-electron chi connectivity index (χ4n) is 3.50. The Labute approximate surface area is 149 Å². The van der Waals surface area contributed by atoms with Crippen molar-refractivity contribution in [2.45, 2.75) is 25.7 Å². The van der Waals surface area contributed by atoms with E-state index in [1.165, 1.54) is 0 Å². The molecule has 1 heterocycles.